The van der Waals surface area contributed by atoms with E-state index in [-0.39, 0.29) is 5.91 Å². The summed E-state index contributed by atoms with van der Waals surface area (Å²) in [5.41, 5.74) is 2.21. The molecule has 4 rings (SSSR count). The highest BCUT2D eigenvalue weighted by Gasteiger charge is 2.25. The number of rotatable bonds is 4. The molecule has 1 saturated heterocycles. The topological polar surface area (TPSA) is 48.5 Å². The Morgan fingerprint density at radius 3 is 2.79 bits per heavy atom. The fraction of sp³-hybridized carbons (Fsp3) is 0.417. The Kier molecular flexibility index (Phi) is 6.12. The Labute approximate surface area is 173 Å². The van der Waals surface area contributed by atoms with Gasteiger partial charge in [0.15, 0.2) is 5.82 Å². The van der Waals surface area contributed by atoms with Crippen LogP contribution in [-0.4, -0.2) is 41.5 Å². The van der Waals surface area contributed by atoms with Crippen LogP contribution in [0.5, 0.6) is 0 Å². The molecule has 2 aromatic rings. The third-order valence-electron chi connectivity index (χ3n) is 5.79. The lowest BCUT2D eigenvalue weighted by atomic mass is 10.1. The highest BCUT2D eigenvalue weighted by atomic mass is 16.1. The molecule has 1 unspecified atom stereocenters. The highest BCUT2D eigenvalue weighted by Crippen LogP contribution is 2.35. The summed E-state index contributed by atoms with van der Waals surface area (Å²) in [5.74, 6) is 7.29. The predicted octanol–water partition coefficient (Wildman–Crippen LogP) is 4.44. The third-order valence-corrected chi connectivity index (χ3v) is 5.79. The summed E-state index contributed by atoms with van der Waals surface area (Å²) in [6.07, 6.45) is 7.75. The number of para-hydroxylation sites is 1. The van der Waals surface area contributed by atoms with E-state index >= 15 is 0 Å². The molecule has 1 atom stereocenters. The minimum absolute atomic E-state index is 0.110. The van der Waals surface area contributed by atoms with Crippen molar-refractivity contribution < 1.29 is 4.79 Å². The van der Waals surface area contributed by atoms with Gasteiger partial charge in [0.25, 0.3) is 5.91 Å². The maximum Gasteiger partial charge on any atom is 0.257 e. The number of pyridine rings is 1. The van der Waals surface area contributed by atoms with E-state index in [0.29, 0.717) is 23.8 Å². The van der Waals surface area contributed by atoms with Gasteiger partial charge in [-0.1, -0.05) is 24.5 Å². The van der Waals surface area contributed by atoms with Gasteiger partial charge in [-0.3, -0.25) is 4.79 Å². The molecule has 3 heterocycles. The van der Waals surface area contributed by atoms with Crippen LogP contribution < -0.4 is 10.2 Å². The van der Waals surface area contributed by atoms with E-state index < -0.39 is 0 Å². The van der Waals surface area contributed by atoms with Gasteiger partial charge >= 0.3 is 0 Å². The molecule has 2 aliphatic heterocycles. The molecule has 0 saturated carbocycles. The number of fused-ring (bicyclic) bond motifs is 2. The summed E-state index contributed by atoms with van der Waals surface area (Å²) < 4.78 is 0. The number of aromatic nitrogens is 1. The van der Waals surface area contributed by atoms with Crippen LogP contribution in [0, 0.1) is 11.8 Å². The summed E-state index contributed by atoms with van der Waals surface area (Å²) >= 11 is 0. The van der Waals surface area contributed by atoms with Gasteiger partial charge in [0.05, 0.1) is 23.5 Å². The summed E-state index contributed by atoms with van der Waals surface area (Å²) in [5, 5.41) is 2.96. The zero-order valence-corrected chi connectivity index (χ0v) is 17.0. The second-order valence-electron chi connectivity index (χ2n) is 7.77. The Balaban J connectivity index is 1.47. The third kappa shape index (κ3) is 4.44. The second kappa shape index (κ2) is 9.11. The maximum absolute atomic E-state index is 12.6. The van der Waals surface area contributed by atoms with Crippen LogP contribution in [0.4, 0.5) is 17.2 Å². The zero-order chi connectivity index (χ0) is 20.1. The lowest BCUT2D eigenvalue weighted by Gasteiger charge is -2.32. The maximum atomic E-state index is 12.6. The minimum Gasteiger partial charge on any atom is -0.319 e. The monoisotopic (exact) mass is 388 g/mol. The Morgan fingerprint density at radius 2 is 1.93 bits per heavy atom. The van der Waals surface area contributed by atoms with Crippen LogP contribution in [0.25, 0.3) is 0 Å². The number of benzene rings is 1. The number of piperidine rings is 1. The first kappa shape index (κ1) is 19.5. The number of hydrogen-bond donors (Lipinski definition) is 1. The molecule has 29 heavy (non-hydrogen) atoms. The van der Waals surface area contributed by atoms with E-state index in [1.165, 1.54) is 32.4 Å². The first-order valence-electron chi connectivity index (χ1n) is 10.6. The quantitative estimate of drug-likeness (QED) is 0.787. The molecule has 1 aromatic heterocycles. The molecule has 1 fully saturated rings. The van der Waals surface area contributed by atoms with Gasteiger partial charge in [0.2, 0.25) is 0 Å². The minimum atomic E-state index is -0.110. The van der Waals surface area contributed by atoms with Gasteiger partial charge in [-0.05, 0) is 63.5 Å². The van der Waals surface area contributed by atoms with Crippen LogP contribution in [0.1, 0.15) is 49.4 Å². The second-order valence-corrected chi connectivity index (χ2v) is 7.77. The van der Waals surface area contributed by atoms with E-state index in [1.54, 1.807) is 6.20 Å². The van der Waals surface area contributed by atoms with E-state index in [4.69, 9.17) is 0 Å². The van der Waals surface area contributed by atoms with Crippen molar-refractivity contribution in [2.75, 3.05) is 29.9 Å². The number of nitrogens with zero attached hydrogens (tertiary/aromatic N) is 3. The Morgan fingerprint density at radius 1 is 1.10 bits per heavy atom. The van der Waals surface area contributed by atoms with E-state index in [9.17, 15) is 4.79 Å². The fourth-order valence-electron chi connectivity index (χ4n) is 4.12. The molecule has 1 aromatic carbocycles. The SMILES string of the molecule is CC(CCC#CCN1c2ccccc2C(=O)Nc2cccnc21)N1CCCCC1. The first-order chi connectivity index (χ1) is 14.2. The van der Waals surface area contributed by atoms with Crippen molar-refractivity contribution in [3.8, 4) is 11.8 Å². The number of anilines is 3. The predicted molar refractivity (Wildman–Crippen MR) is 118 cm³/mol. The molecule has 0 aliphatic carbocycles. The van der Waals surface area contributed by atoms with Crippen molar-refractivity contribution in [2.24, 2.45) is 0 Å². The molecule has 150 valence electrons. The summed E-state index contributed by atoms with van der Waals surface area (Å²) in [6.45, 7) is 5.27. The van der Waals surface area contributed by atoms with Crippen molar-refractivity contribution in [3.63, 3.8) is 0 Å². The van der Waals surface area contributed by atoms with Crippen molar-refractivity contribution in [1.82, 2.24) is 9.88 Å². The van der Waals surface area contributed by atoms with Gasteiger partial charge in [0.1, 0.15) is 0 Å². The number of carbonyl (C=O) groups is 1. The summed E-state index contributed by atoms with van der Waals surface area (Å²) in [6, 6.07) is 11.9. The average molecular weight is 389 g/mol. The molecule has 5 heteroatoms. The standard InChI is InChI=1S/C24H28N4O/c1-19(27-16-7-3-8-17-27)11-4-2-9-18-28-22-14-6-5-12-20(22)24(29)26-21-13-10-15-25-23(21)28/h5-6,10,12-15,19H,3-4,7-8,11,16-18H2,1H3,(H,26,29). The molecule has 1 N–H and O–H groups in total. The van der Waals surface area contributed by atoms with Crippen molar-refractivity contribution >= 4 is 23.1 Å². The molecule has 0 bridgehead atoms. The Bertz CT molecular complexity index is 924. The lowest BCUT2D eigenvalue weighted by Crippen LogP contribution is -2.37. The van der Waals surface area contributed by atoms with Gasteiger partial charge in [-0.15, -0.1) is 5.92 Å². The van der Waals surface area contributed by atoms with Gasteiger partial charge < -0.3 is 15.1 Å². The fourth-order valence-corrected chi connectivity index (χ4v) is 4.12. The summed E-state index contributed by atoms with van der Waals surface area (Å²) in [4.78, 5) is 21.8. The van der Waals surface area contributed by atoms with Crippen LogP contribution >= 0.6 is 0 Å². The number of amides is 1. The number of hydrogen-bond acceptors (Lipinski definition) is 4. The molecule has 0 radical (unpaired) electrons. The van der Waals surface area contributed by atoms with Crippen LogP contribution in [-0.2, 0) is 0 Å². The summed E-state index contributed by atoms with van der Waals surface area (Å²) in [7, 11) is 0. The molecule has 5 nitrogen and oxygen atoms in total. The largest absolute Gasteiger partial charge is 0.319 e. The van der Waals surface area contributed by atoms with Gasteiger partial charge in [0, 0.05) is 18.7 Å². The zero-order valence-electron chi connectivity index (χ0n) is 17.0. The average Bonchev–Trinajstić information content (AvgIpc) is 2.88. The van der Waals surface area contributed by atoms with Gasteiger partial charge in [-0.2, -0.15) is 0 Å². The highest BCUT2D eigenvalue weighted by molar-refractivity contribution is 6.12. The van der Waals surface area contributed by atoms with E-state index in [2.05, 4.69) is 34.0 Å². The number of nitrogens with one attached hydrogen (secondary N) is 1. The number of likely N-dealkylation sites (tertiary alicyclic amines) is 1. The molecular formula is C24H28N4O. The first-order valence-corrected chi connectivity index (χ1v) is 10.6. The normalized spacial score (nSPS) is 17.3. The number of carbonyl (C=O) groups excluding carboxylic acids is 1. The molecular weight excluding hydrogens is 360 g/mol. The van der Waals surface area contributed by atoms with Gasteiger partial charge in [-0.25, -0.2) is 4.98 Å². The molecule has 2 aliphatic rings. The Hall–Kier alpha value is -2.84. The lowest BCUT2D eigenvalue weighted by molar-refractivity contribution is 0.102. The van der Waals surface area contributed by atoms with Crippen molar-refractivity contribution in [1.29, 1.82) is 0 Å². The molecule has 0 spiro atoms. The van der Waals surface area contributed by atoms with Crippen LogP contribution in [0.2, 0.25) is 0 Å². The van der Waals surface area contributed by atoms with Crippen molar-refractivity contribution in [3.05, 3.63) is 48.2 Å². The van der Waals surface area contributed by atoms with Crippen molar-refractivity contribution in [2.45, 2.75) is 45.1 Å². The smallest absolute Gasteiger partial charge is 0.257 e. The van der Waals surface area contributed by atoms with E-state index in [0.717, 1.165) is 24.3 Å². The molecule has 1 amide bonds. The van der Waals surface area contributed by atoms with Crippen LogP contribution in [0.3, 0.4) is 0 Å². The van der Waals surface area contributed by atoms with Crippen LogP contribution in [0.15, 0.2) is 42.6 Å². The van der Waals surface area contributed by atoms with E-state index in [1.807, 2.05) is 41.3 Å².